The molecule has 0 bridgehead atoms. The van der Waals surface area contributed by atoms with Crippen LogP contribution in [0, 0.1) is 0 Å². The number of fused-ring (bicyclic) bond motifs is 1. The van der Waals surface area contributed by atoms with Crippen LogP contribution in [0.15, 0.2) is 46.9 Å². The summed E-state index contributed by atoms with van der Waals surface area (Å²) in [7, 11) is 1.62. The number of nitrogens with two attached hydrogens (primary N) is 1. The third kappa shape index (κ3) is 1.68. The molecular formula is C14H12N2O2. The van der Waals surface area contributed by atoms with Crippen LogP contribution >= 0.6 is 0 Å². The highest BCUT2D eigenvalue weighted by Gasteiger charge is 2.10. The lowest BCUT2D eigenvalue weighted by Crippen LogP contribution is -1.88. The van der Waals surface area contributed by atoms with E-state index in [1.54, 1.807) is 7.11 Å². The number of anilines is 1. The van der Waals surface area contributed by atoms with Crippen LogP contribution in [0.1, 0.15) is 0 Å². The third-order valence-corrected chi connectivity index (χ3v) is 2.79. The van der Waals surface area contributed by atoms with Crippen molar-refractivity contribution >= 4 is 16.8 Å². The van der Waals surface area contributed by atoms with Gasteiger partial charge in [0.05, 0.1) is 12.7 Å². The minimum atomic E-state index is 0.524. The first-order chi connectivity index (χ1) is 8.78. The summed E-state index contributed by atoms with van der Waals surface area (Å²) in [4.78, 5) is 4.43. The minimum Gasteiger partial charge on any atom is -0.497 e. The van der Waals surface area contributed by atoms with E-state index in [1.807, 2.05) is 42.5 Å². The molecule has 0 saturated heterocycles. The number of ether oxygens (including phenoxy) is 1. The zero-order chi connectivity index (χ0) is 12.5. The summed E-state index contributed by atoms with van der Waals surface area (Å²) in [6.45, 7) is 0. The number of oxazole rings is 1. The van der Waals surface area contributed by atoms with Crippen molar-refractivity contribution < 1.29 is 9.15 Å². The van der Waals surface area contributed by atoms with Gasteiger partial charge in [-0.05, 0) is 24.3 Å². The number of nitrogens with zero attached hydrogens (tertiary/aromatic N) is 1. The highest BCUT2D eigenvalue weighted by molar-refractivity contribution is 5.80. The Morgan fingerprint density at radius 2 is 2.00 bits per heavy atom. The smallest absolute Gasteiger partial charge is 0.229 e. The predicted octanol–water partition coefficient (Wildman–Crippen LogP) is 3.09. The number of nitrogen functional groups attached to an aromatic ring is 1. The molecule has 0 spiro atoms. The fraction of sp³-hybridized carbons (Fsp3) is 0.0714. The van der Waals surface area contributed by atoms with Gasteiger partial charge in [0.2, 0.25) is 5.89 Å². The van der Waals surface area contributed by atoms with E-state index in [-0.39, 0.29) is 0 Å². The van der Waals surface area contributed by atoms with Crippen LogP contribution in [0.3, 0.4) is 0 Å². The van der Waals surface area contributed by atoms with Crippen LogP contribution in [-0.2, 0) is 0 Å². The predicted molar refractivity (Wildman–Crippen MR) is 70.4 cm³/mol. The Bertz CT molecular complexity index is 704. The molecule has 4 heteroatoms. The van der Waals surface area contributed by atoms with Gasteiger partial charge < -0.3 is 14.9 Å². The van der Waals surface area contributed by atoms with Gasteiger partial charge >= 0.3 is 0 Å². The van der Waals surface area contributed by atoms with E-state index in [4.69, 9.17) is 14.9 Å². The van der Waals surface area contributed by atoms with Crippen molar-refractivity contribution in [2.45, 2.75) is 0 Å². The topological polar surface area (TPSA) is 61.3 Å². The molecule has 4 nitrogen and oxygen atoms in total. The SMILES string of the molecule is COc1ccc2oc(-c3ccccc3N)nc2c1. The van der Waals surface area contributed by atoms with Gasteiger partial charge in [0.25, 0.3) is 0 Å². The van der Waals surface area contributed by atoms with E-state index in [2.05, 4.69) is 4.98 Å². The van der Waals surface area contributed by atoms with E-state index < -0.39 is 0 Å². The van der Waals surface area contributed by atoms with Crippen molar-refractivity contribution in [2.75, 3.05) is 12.8 Å². The van der Waals surface area contributed by atoms with Gasteiger partial charge in [0.1, 0.15) is 11.3 Å². The number of hydrogen-bond acceptors (Lipinski definition) is 4. The highest BCUT2D eigenvalue weighted by Crippen LogP contribution is 2.29. The lowest BCUT2D eigenvalue weighted by Gasteiger charge is -1.98. The molecule has 90 valence electrons. The number of methoxy groups -OCH3 is 1. The Morgan fingerprint density at radius 3 is 2.78 bits per heavy atom. The molecule has 1 aromatic heterocycles. The number of para-hydroxylation sites is 1. The van der Waals surface area contributed by atoms with Crippen LogP contribution in [0.2, 0.25) is 0 Å². The molecule has 0 amide bonds. The first-order valence-electron chi connectivity index (χ1n) is 5.57. The highest BCUT2D eigenvalue weighted by atomic mass is 16.5. The van der Waals surface area contributed by atoms with Crippen molar-refractivity contribution in [2.24, 2.45) is 0 Å². The molecule has 1 heterocycles. The molecule has 0 aliphatic rings. The summed E-state index contributed by atoms with van der Waals surface area (Å²) in [5, 5.41) is 0. The summed E-state index contributed by atoms with van der Waals surface area (Å²) >= 11 is 0. The van der Waals surface area contributed by atoms with Crippen molar-refractivity contribution in [1.29, 1.82) is 0 Å². The zero-order valence-corrected chi connectivity index (χ0v) is 9.88. The maximum atomic E-state index is 5.91. The van der Waals surface area contributed by atoms with Crippen LogP contribution < -0.4 is 10.5 Å². The van der Waals surface area contributed by atoms with Crippen LogP contribution in [0.5, 0.6) is 5.75 Å². The fourth-order valence-electron chi connectivity index (χ4n) is 1.84. The van der Waals surface area contributed by atoms with Crippen LogP contribution in [-0.4, -0.2) is 12.1 Å². The molecule has 0 atom stereocenters. The van der Waals surface area contributed by atoms with Gasteiger partial charge in [-0.2, -0.15) is 0 Å². The van der Waals surface area contributed by atoms with Crippen molar-refractivity contribution in [3.05, 3.63) is 42.5 Å². The molecule has 0 aliphatic heterocycles. The molecule has 3 aromatic rings. The zero-order valence-electron chi connectivity index (χ0n) is 9.88. The van der Waals surface area contributed by atoms with Crippen molar-refractivity contribution in [3.8, 4) is 17.2 Å². The van der Waals surface area contributed by atoms with Gasteiger partial charge in [-0.1, -0.05) is 12.1 Å². The molecule has 0 saturated carbocycles. The quantitative estimate of drug-likeness (QED) is 0.699. The normalized spacial score (nSPS) is 10.7. The van der Waals surface area contributed by atoms with Gasteiger partial charge in [-0.3, -0.25) is 0 Å². The van der Waals surface area contributed by atoms with Crippen LogP contribution in [0.25, 0.3) is 22.6 Å². The molecular weight excluding hydrogens is 228 g/mol. The van der Waals surface area contributed by atoms with Gasteiger partial charge in [0, 0.05) is 11.8 Å². The van der Waals surface area contributed by atoms with E-state index in [1.165, 1.54) is 0 Å². The molecule has 2 aromatic carbocycles. The second-order valence-electron chi connectivity index (χ2n) is 3.94. The van der Waals surface area contributed by atoms with Crippen molar-refractivity contribution in [1.82, 2.24) is 4.98 Å². The Hall–Kier alpha value is -2.49. The Morgan fingerprint density at radius 1 is 1.17 bits per heavy atom. The van der Waals surface area contributed by atoms with Crippen molar-refractivity contribution in [3.63, 3.8) is 0 Å². The number of aromatic nitrogens is 1. The summed E-state index contributed by atoms with van der Waals surface area (Å²) in [5.41, 5.74) is 8.83. The Labute approximate surface area is 104 Å². The summed E-state index contributed by atoms with van der Waals surface area (Å²) in [6, 6.07) is 13.0. The third-order valence-electron chi connectivity index (χ3n) is 2.79. The van der Waals surface area contributed by atoms with Gasteiger partial charge in [0.15, 0.2) is 5.58 Å². The Kier molecular flexibility index (Phi) is 2.41. The first-order valence-corrected chi connectivity index (χ1v) is 5.57. The molecule has 0 radical (unpaired) electrons. The van der Waals surface area contributed by atoms with E-state index in [0.29, 0.717) is 17.2 Å². The molecule has 0 aliphatic carbocycles. The summed E-state index contributed by atoms with van der Waals surface area (Å²) in [5.74, 6) is 1.28. The second-order valence-corrected chi connectivity index (χ2v) is 3.94. The first kappa shape index (κ1) is 10.7. The lowest BCUT2D eigenvalue weighted by molar-refractivity contribution is 0.415. The summed E-state index contributed by atoms with van der Waals surface area (Å²) < 4.78 is 10.8. The minimum absolute atomic E-state index is 0.524. The second kappa shape index (κ2) is 4.07. The maximum Gasteiger partial charge on any atom is 0.229 e. The van der Waals surface area contributed by atoms with Crippen LogP contribution in [0.4, 0.5) is 5.69 Å². The van der Waals surface area contributed by atoms with E-state index in [0.717, 1.165) is 16.8 Å². The number of hydrogen-bond donors (Lipinski definition) is 1. The standard InChI is InChI=1S/C14H12N2O2/c1-17-9-6-7-13-12(8-9)16-14(18-13)10-4-2-3-5-11(10)15/h2-8H,15H2,1H3. The average molecular weight is 240 g/mol. The van der Waals surface area contributed by atoms with E-state index in [9.17, 15) is 0 Å². The lowest BCUT2D eigenvalue weighted by atomic mass is 10.2. The molecule has 18 heavy (non-hydrogen) atoms. The molecule has 2 N–H and O–H groups in total. The Balaban J connectivity index is 2.17. The van der Waals surface area contributed by atoms with Gasteiger partial charge in [-0.25, -0.2) is 4.98 Å². The summed E-state index contributed by atoms with van der Waals surface area (Å²) in [6.07, 6.45) is 0. The maximum absolute atomic E-state index is 5.91. The fourth-order valence-corrected chi connectivity index (χ4v) is 1.84. The largest absolute Gasteiger partial charge is 0.497 e. The van der Waals surface area contributed by atoms with Gasteiger partial charge in [-0.15, -0.1) is 0 Å². The monoisotopic (exact) mass is 240 g/mol. The number of benzene rings is 2. The average Bonchev–Trinajstić information content (AvgIpc) is 2.81. The molecule has 3 rings (SSSR count). The molecule has 0 fully saturated rings. The number of rotatable bonds is 2. The van der Waals surface area contributed by atoms with E-state index >= 15 is 0 Å². The molecule has 0 unspecified atom stereocenters.